The third-order valence-electron chi connectivity index (χ3n) is 2.63. The maximum absolute atomic E-state index is 10.5. The van der Waals surface area contributed by atoms with Crippen molar-refractivity contribution in [2.45, 2.75) is 32.6 Å². The molecule has 0 saturated heterocycles. The van der Waals surface area contributed by atoms with Crippen molar-refractivity contribution >= 4 is 21.9 Å². The van der Waals surface area contributed by atoms with E-state index in [1.807, 2.05) is 6.07 Å². The summed E-state index contributed by atoms with van der Waals surface area (Å²) in [6.07, 6.45) is 2.50. The Morgan fingerprint density at radius 3 is 2.71 bits per heavy atom. The van der Waals surface area contributed by atoms with Crippen molar-refractivity contribution in [2.75, 3.05) is 7.11 Å². The topological polar surface area (TPSA) is 46.5 Å². The molecule has 0 amide bonds. The molecular weight excluding hydrogens is 284 g/mol. The zero-order valence-electron chi connectivity index (χ0n) is 10.1. The summed E-state index contributed by atoms with van der Waals surface area (Å²) in [5.41, 5.74) is 2.29. The highest BCUT2D eigenvalue weighted by Gasteiger charge is 2.10. The Hall–Kier alpha value is -1.03. The second-order valence-electron chi connectivity index (χ2n) is 3.87. The minimum absolute atomic E-state index is 0.192. The van der Waals surface area contributed by atoms with Gasteiger partial charge in [0.2, 0.25) is 0 Å². The highest BCUT2D eigenvalue weighted by Crippen LogP contribution is 2.31. The normalized spacial score (nSPS) is 10.3. The van der Waals surface area contributed by atoms with Gasteiger partial charge in [0.05, 0.1) is 11.6 Å². The number of carbonyl (C=O) groups is 1. The fourth-order valence-corrected chi connectivity index (χ4v) is 2.47. The Morgan fingerprint density at radius 2 is 2.18 bits per heavy atom. The van der Waals surface area contributed by atoms with Gasteiger partial charge in [0.15, 0.2) is 0 Å². The number of ether oxygens (including phenoxy) is 1. The van der Waals surface area contributed by atoms with Crippen LogP contribution in [0.1, 0.15) is 30.9 Å². The van der Waals surface area contributed by atoms with Gasteiger partial charge in [-0.2, -0.15) is 0 Å². The van der Waals surface area contributed by atoms with Gasteiger partial charge in [0, 0.05) is 6.42 Å². The molecule has 0 radical (unpaired) electrons. The van der Waals surface area contributed by atoms with Gasteiger partial charge < -0.3 is 9.84 Å². The first kappa shape index (κ1) is 14.0. The lowest BCUT2D eigenvalue weighted by molar-refractivity contribution is -0.137. The van der Waals surface area contributed by atoms with Gasteiger partial charge in [-0.05, 0) is 52.4 Å². The van der Waals surface area contributed by atoms with Crippen LogP contribution in [0.2, 0.25) is 0 Å². The molecule has 4 heteroatoms. The molecule has 0 aliphatic rings. The molecule has 0 saturated carbocycles. The fraction of sp³-hybridized carbons (Fsp3) is 0.462. The molecule has 1 aromatic rings. The molecule has 94 valence electrons. The summed E-state index contributed by atoms with van der Waals surface area (Å²) in [5, 5.41) is 8.63. The molecule has 17 heavy (non-hydrogen) atoms. The molecule has 0 atom stereocenters. The van der Waals surface area contributed by atoms with Crippen LogP contribution in [0.5, 0.6) is 5.75 Å². The maximum Gasteiger partial charge on any atom is 0.303 e. The van der Waals surface area contributed by atoms with Crippen molar-refractivity contribution in [3.63, 3.8) is 0 Å². The Labute approximate surface area is 110 Å². The second-order valence-corrected chi connectivity index (χ2v) is 4.73. The number of aliphatic carboxylic acids is 1. The van der Waals surface area contributed by atoms with Crippen LogP contribution in [0, 0.1) is 0 Å². The van der Waals surface area contributed by atoms with Gasteiger partial charge in [-0.1, -0.05) is 13.0 Å². The number of hydrogen-bond donors (Lipinski definition) is 1. The molecule has 1 N–H and O–H groups in total. The van der Waals surface area contributed by atoms with E-state index in [0.29, 0.717) is 6.42 Å². The summed E-state index contributed by atoms with van der Waals surface area (Å²) in [7, 11) is 1.63. The number of benzene rings is 1. The van der Waals surface area contributed by atoms with Gasteiger partial charge in [-0.25, -0.2) is 0 Å². The van der Waals surface area contributed by atoms with Gasteiger partial charge in [0.25, 0.3) is 0 Å². The maximum atomic E-state index is 10.5. The lowest BCUT2D eigenvalue weighted by atomic mass is 10.0. The van der Waals surface area contributed by atoms with E-state index in [-0.39, 0.29) is 6.42 Å². The van der Waals surface area contributed by atoms with Crippen LogP contribution >= 0.6 is 15.9 Å². The largest absolute Gasteiger partial charge is 0.495 e. The van der Waals surface area contributed by atoms with Crippen LogP contribution in [0.3, 0.4) is 0 Å². The Balaban J connectivity index is 2.87. The standard InChI is InChI=1S/C13H17BrO3/c1-3-9-7-10(5-4-6-12(15)16)13(17-2)11(14)8-9/h7-8H,3-6H2,1-2H3,(H,15,16). The zero-order valence-corrected chi connectivity index (χ0v) is 11.7. The highest BCUT2D eigenvalue weighted by molar-refractivity contribution is 9.10. The first-order chi connectivity index (χ1) is 8.08. The van der Waals surface area contributed by atoms with Gasteiger partial charge >= 0.3 is 5.97 Å². The van der Waals surface area contributed by atoms with E-state index in [1.54, 1.807) is 7.11 Å². The molecule has 0 aliphatic carbocycles. The van der Waals surface area contributed by atoms with Crippen molar-refractivity contribution in [2.24, 2.45) is 0 Å². The third kappa shape index (κ3) is 4.04. The van der Waals surface area contributed by atoms with E-state index in [9.17, 15) is 4.79 Å². The summed E-state index contributed by atoms with van der Waals surface area (Å²) < 4.78 is 6.27. The number of methoxy groups -OCH3 is 1. The van der Waals surface area contributed by atoms with E-state index >= 15 is 0 Å². The minimum Gasteiger partial charge on any atom is -0.495 e. The van der Waals surface area contributed by atoms with Crippen molar-refractivity contribution in [3.05, 3.63) is 27.7 Å². The molecular formula is C13H17BrO3. The van der Waals surface area contributed by atoms with Crippen molar-refractivity contribution < 1.29 is 14.6 Å². The molecule has 0 fully saturated rings. The van der Waals surface area contributed by atoms with Crippen molar-refractivity contribution in [1.82, 2.24) is 0 Å². The molecule has 0 unspecified atom stereocenters. The van der Waals surface area contributed by atoms with Crippen LogP contribution in [0.25, 0.3) is 0 Å². The summed E-state index contributed by atoms with van der Waals surface area (Å²) in [4.78, 5) is 10.5. The molecule has 0 heterocycles. The minimum atomic E-state index is -0.755. The number of hydrogen-bond acceptors (Lipinski definition) is 2. The SMILES string of the molecule is CCc1cc(Br)c(OC)c(CCCC(=O)O)c1. The summed E-state index contributed by atoms with van der Waals surface area (Å²) >= 11 is 3.48. The number of aryl methyl sites for hydroxylation is 2. The van der Waals surface area contributed by atoms with E-state index in [2.05, 4.69) is 28.9 Å². The van der Waals surface area contributed by atoms with E-state index < -0.39 is 5.97 Å². The summed E-state index contributed by atoms with van der Waals surface area (Å²) in [6, 6.07) is 4.13. The number of rotatable bonds is 6. The third-order valence-corrected chi connectivity index (χ3v) is 3.22. The number of carboxylic acid groups (broad SMARTS) is 1. The van der Waals surface area contributed by atoms with Crippen LogP contribution < -0.4 is 4.74 Å². The van der Waals surface area contributed by atoms with Crippen LogP contribution in [0.15, 0.2) is 16.6 Å². The lowest BCUT2D eigenvalue weighted by Crippen LogP contribution is -1.99. The van der Waals surface area contributed by atoms with E-state index in [4.69, 9.17) is 9.84 Å². The Morgan fingerprint density at radius 1 is 1.47 bits per heavy atom. The van der Waals surface area contributed by atoms with Gasteiger partial charge in [-0.15, -0.1) is 0 Å². The highest BCUT2D eigenvalue weighted by atomic mass is 79.9. The average molecular weight is 301 g/mol. The zero-order chi connectivity index (χ0) is 12.8. The molecule has 3 nitrogen and oxygen atoms in total. The van der Waals surface area contributed by atoms with Gasteiger partial charge in [0.1, 0.15) is 5.75 Å². The molecule has 1 aromatic carbocycles. The van der Waals surface area contributed by atoms with Crippen molar-refractivity contribution in [1.29, 1.82) is 0 Å². The van der Waals surface area contributed by atoms with E-state index in [1.165, 1.54) is 5.56 Å². The molecule has 0 aliphatic heterocycles. The number of carboxylic acids is 1. The predicted octanol–water partition coefficient (Wildman–Crippen LogP) is 3.43. The molecule has 1 rings (SSSR count). The summed E-state index contributed by atoms with van der Waals surface area (Å²) in [6.45, 7) is 2.09. The van der Waals surface area contributed by atoms with Crippen LogP contribution in [-0.4, -0.2) is 18.2 Å². The molecule has 0 bridgehead atoms. The van der Waals surface area contributed by atoms with Crippen LogP contribution in [-0.2, 0) is 17.6 Å². The smallest absolute Gasteiger partial charge is 0.303 e. The summed E-state index contributed by atoms with van der Waals surface area (Å²) in [5.74, 6) is 0.0577. The quantitative estimate of drug-likeness (QED) is 0.875. The Bertz CT molecular complexity index is 402. The fourth-order valence-electron chi connectivity index (χ4n) is 1.76. The lowest BCUT2D eigenvalue weighted by Gasteiger charge is -2.12. The number of halogens is 1. The van der Waals surface area contributed by atoms with E-state index in [0.717, 1.165) is 28.6 Å². The predicted molar refractivity (Wildman–Crippen MR) is 70.6 cm³/mol. The first-order valence-electron chi connectivity index (χ1n) is 5.65. The van der Waals surface area contributed by atoms with Crippen molar-refractivity contribution in [3.8, 4) is 5.75 Å². The monoisotopic (exact) mass is 300 g/mol. The molecule has 0 spiro atoms. The average Bonchev–Trinajstić information content (AvgIpc) is 2.28. The Kier molecular flexibility index (Phi) is 5.48. The first-order valence-corrected chi connectivity index (χ1v) is 6.44. The molecule has 0 aromatic heterocycles. The van der Waals surface area contributed by atoms with Crippen LogP contribution in [0.4, 0.5) is 0 Å². The second kappa shape index (κ2) is 6.64. The van der Waals surface area contributed by atoms with Gasteiger partial charge in [-0.3, -0.25) is 4.79 Å².